The molecule has 4 nitrogen and oxygen atoms in total. The number of hydrogen-bond acceptors (Lipinski definition) is 4. The van der Waals surface area contributed by atoms with Crippen molar-refractivity contribution in [2.45, 2.75) is 0 Å². The molecule has 8 heteroatoms. The zero-order valence-corrected chi connectivity index (χ0v) is 18.1. The number of esters is 1. The predicted molar refractivity (Wildman–Crippen MR) is 120 cm³/mol. The standard InChI is InChI=1S/C19H14BrClN2O2S2/c1-25-18(24)13-10-16(11-5-3-2-4-6-11)27-17(13)23-19(26)22-12-7-8-14(20)15(21)9-12/h2-10H,1H3,(H2,22,23,26). The van der Waals surface area contributed by atoms with Crippen LogP contribution in [0.1, 0.15) is 10.4 Å². The molecule has 0 atom stereocenters. The minimum atomic E-state index is -0.426. The Balaban J connectivity index is 1.84. The number of carbonyl (C=O) groups is 1. The van der Waals surface area contributed by atoms with E-state index in [4.69, 9.17) is 28.6 Å². The van der Waals surface area contributed by atoms with Crippen molar-refractivity contribution in [1.29, 1.82) is 0 Å². The van der Waals surface area contributed by atoms with Gasteiger partial charge in [0.25, 0.3) is 0 Å². The lowest BCUT2D eigenvalue weighted by Gasteiger charge is -2.11. The molecule has 2 N–H and O–H groups in total. The van der Waals surface area contributed by atoms with Gasteiger partial charge in [-0.05, 0) is 58.0 Å². The molecule has 3 rings (SSSR count). The fraction of sp³-hybridized carbons (Fsp3) is 0.0526. The van der Waals surface area contributed by atoms with Crippen molar-refractivity contribution in [1.82, 2.24) is 0 Å². The Hall–Kier alpha value is -1.93. The van der Waals surface area contributed by atoms with Crippen molar-refractivity contribution in [3.8, 4) is 10.4 Å². The minimum Gasteiger partial charge on any atom is -0.465 e. The van der Waals surface area contributed by atoms with Crippen LogP contribution in [0.25, 0.3) is 10.4 Å². The van der Waals surface area contributed by atoms with Gasteiger partial charge in [-0.3, -0.25) is 0 Å². The molecule has 0 saturated heterocycles. The summed E-state index contributed by atoms with van der Waals surface area (Å²) in [6.45, 7) is 0. The summed E-state index contributed by atoms with van der Waals surface area (Å²) in [5.74, 6) is -0.426. The van der Waals surface area contributed by atoms with Crippen LogP contribution in [-0.2, 0) is 4.74 Å². The molecule has 0 aliphatic carbocycles. The Bertz CT molecular complexity index is 993. The zero-order chi connectivity index (χ0) is 19.4. The first-order valence-corrected chi connectivity index (χ1v) is 10.2. The highest BCUT2D eigenvalue weighted by atomic mass is 79.9. The molecule has 2 aromatic carbocycles. The number of hydrogen-bond donors (Lipinski definition) is 2. The largest absolute Gasteiger partial charge is 0.465 e. The van der Waals surface area contributed by atoms with Gasteiger partial charge in [0.15, 0.2) is 5.11 Å². The third-order valence-corrected chi connectivity index (χ3v) is 6.14. The molecular weight excluding hydrogens is 468 g/mol. The molecule has 0 aliphatic heterocycles. The molecular formula is C19H14BrClN2O2S2. The van der Waals surface area contributed by atoms with Gasteiger partial charge in [-0.1, -0.05) is 41.9 Å². The van der Waals surface area contributed by atoms with E-state index in [1.807, 2.05) is 42.5 Å². The molecule has 1 aromatic heterocycles. The number of nitrogens with one attached hydrogen (secondary N) is 2. The average Bonchev–Trinajstić information content (AvgIpc) is 3.08. The van der Waals surface area contributed by atoms with E-state index < -0.39 is 5.97 Å². The van der Waals surface area contributed by atoms with Gasteiger partial charge in [0.2, 0.25) is 0 Å². The van der Waals surface area contributed by atoms with Gasteiger partial charge in [0.1, 0.15) is 5.00 Å². The molecule has 0 unspecified atom stereocenters. The molecule has 0 fully saturated rings. The van der Waals surface area contributed by atoms with Gasteiger partial charge in [0.05, 0.1) is 17.7 Å². The van der Waals surface area contributed by atoms with E-state index in [-0.39, 0.29) is 0 Å². The van der Waals surface area contributed by atoms with Gasteiger partial charge in [-0.25, -0.2) is 4.79 Å². The van der Waals surface area contributed by atoms with Crippen molar-refractivity contribution in [2.24, 2.45) is 0 Å². The summed E-state index contributed by atoms with van der Waals surface area (Å²) in [7, 11) is 1.35. The van der Waals surface area contributed by atoms with Crippen LogP contribution in [-0.4, -0.2) is 18.2 Å². The van der Waals surface area contributed by atoms with E-state index >= 15 is 0 Å². The van der Waals surface area contributed by atoms with E-state index in [2.05, 4.69) is 26.6 Å². The SMILES string of the molecule is COC(=O)c1cc(-c2ccccc2)sc1NC(=S)Nc1ccc(Br)c(Cl)c1. The lowest BCUT2D eigenvalue weighted by Crippen LogP contribution is -2.19. The normalized spacial score (nSPS) is 10.3. The summed E-state index contributed by atoms with van der Waals surface area (Å²) in [6, 6.07) is 17.0. The van der Waals surface area contributed by atoms with Gasteiger partial charge in [-0.15, -0.1) is 11.3 Å². The summed E-state index contributed by atoms with van der Waals surface area (Å²) in [4.78, 5) is 13.1. The van der Waals surface area contributed by atoms with E-state index in [1.165, 1.54) is 18.4 Å². The number of benzene rings is 2. The number of rotatable bonds is 4. The summed E-state index contributed by atoms with van der Waals surface area (Å²) >= 11 is 16.3. The van der Waals surface area contributed by atoms with Crippen LogP contribution < -0.4 is 10.6 Å². The van der Waals surface area contributed by atoms with Gasteiger partial charge >= 0.3 is 5.97 Å². The number of thiocarbonyl (C=S) groups is 1. The molecule has 27 heavy (non-hydrogen) atoms. The first kappa shape index (κ1) is 19.8. The van der Waals surface area contributed by atoms with Crippen molar-refractivity contribution < 1.29 is 9.53 Å². The smallest absolute Gasteiger partial charge is 0.340 e. The van der Waals surface area contributed by atoms with E-state index in [1.54, 1.807) is 12.1 Å². The zero-order valence-electron chi connectivity index (χ0n) is 14.1. The summed E-state index contributed by atoms with van der Waals surface area (Å²) < 4.78 is 5.69. The number of halogens is 2. The molecule has 0 aliphatic rings. The first-order chi connectivity index (χ1) is 13.0. The third-order valence-electron chi connectivity index (χ3n) is 3.60. The predicted octanol–water partition coefficient (Wildman–Crippen LogP) is 6.43. The molecule has 0 amide bonds. The maximum absolute atomic E-state index is 12.2. The Labute approximate surface area is 179 Å². The van der Waals surface area contributed by atoms with Crippen LogP contribution in [0.2, 0.25) is 5.02 Å². The average molecular weight is 482 g/mol. The maximum atomic E-state index is 12.2. The molecule has 138 valence electrons. The fourth-order valence-electron chi connectivity index (χ4n) is 2.33. The van der Waals surface area contributed by atoms with Gasteiger partial charge < -0.3 is 15.4 Å². The Morgan fingerprint density at radius 1 is 1.15 bits per heavy atom. The second kappa shape index (κ2) is 8.84. The van der Waals surface area contributed by atoms with Crippen molar-refractivity contribution in [3.63, 3.8) is 0 Å². The topological polar surface area (TPSA) is 50.4 Å². The number of thiophene rings is 1. The molecule has 0 bridgehead atoms. The minimum absolute atomic E-state index is 0.347. The number of anilines is 2. The van der Waals surface area contributed by atoms with Gasteiger partial charge in [-0.2, -0.15) is 0 Å². The van der Waals surface area contributed by atoms with Crippen LogP contribution >= 0.6 is 51.1 Å². The Kier molecular flexibility index (Phi) is 6.49. The van der Waals surface area contributed by atoms with Crippen LogP contribution in [0.4, 0.5) is 10.7 Å². The second-order valence-corrected chi connectivity index (χ2v) is 8.14. The molecule has 3 aromatic rings. The van der Waals surface area contributed by atoms with Crippen LogP contribution in [0, 0.1) is 0 Å². The summed E-state index contributed by atoms with van der Waals surface area (Å²) in [5.41, 5.74) is 2.18. The molecule has 0 radical (unpaired) electrons. The quantitative estimate of drug-likeness (QED) is 0.332. The maximum Gasteiger partial charge on any atom is 0.340 e. The number of ether oxygens (including phenoxy) is 1. The van der Waals surface area contributed by atoms with E-state index in [0.717, 1.165) is 20.6 Å². The van der Waals surface area contributed by atoms with Crippen molar-refractivity contribution >= 4 is 72.9 Å². The molecule has 0 spiro atoms. The van der Waals surface area contributed by atoms with E-state index in [0.29, 0.717) is 20.7 Å². The first-order valence-electron chi connectivity index (χ1n) is 7.78. The summed E-state index contributed by atoms with van der Waals surface area (Å²) in [5, 5.41) is 7.67. The lowest BCUT2D eigenvalue weighted by atomic mass is 10.1. The fourth-order valence-corrected chi connectivity index (χ4v) is 4.10. The monoisotopic (exact) mass is 480 g/mol. The van der Waals surface area contributed by atoms with E-state index in [9.17, 15) is 4.79 Å². The Morgan fingerprint density at radius 3 is 2.56 bits per heavy atom. The van der Waals surface area contributed by atoms with Crippen molar-refractivity contribution in [3.05, 3.63) is 69.7 Å². The van der Waals surface area contributed by atoms with Crippen LogP contribution in [0.15, 0.2) is 59.1 Å². The molecule has 0 saturated carbocycles. The third kappa shape index (κ3) is 4.87. The Morgan fingerprint density at radius 2 is 1.89 bits per heavy atom. The highest BCUT2D eigenvalue weighted by Crippen LogP contribution is 2.36. The highest BCUT2D eigenvalue weighted by molar-refractivity contribution is 9.10. The van der Waals surface area contributed by atoms with Gasteiger partial charge in [0, 0.05) is 15.0 Å². The number of carbonyl (C=O) groups excluding carboxylic acids is 1. The van der Waals surface area contributed by atoms with Crippen molar-refractivity contribution in [2.75, 3.05) is 17.7 Å². The second-order valence-electron chi connectivity index (χ2n) is 5.42. The highest BCUT2D eigenvalue weighted by Gasteiger charge is 2.18. The summed E-state index contributed by atoms with van der Waals surface area (Å²) in [6.07, 6.45) is 0. The van der Waals surface area contributed by atoms with Crippen LogP contribution in [0.5, 0.6) is 0 Å². The van der Waals surface area contributed by atoms with Crippen LogP contribution in [0.3, 0.4) is 0 Å². The molecule has 1 heterocycles. The lowest BCUT2D eigenvalue weighted by molar-refractivity contribution is 0.0602. The number of methoxy groups -OCH3 is 1.